The molecule has 24 heavy (non-hydrogen) atoms. The third-order valence-electron chi connectivity index (χ3n) is 4.43. The molecule has 4 heteroatoms. The SMILES string of the molecule is CCCCCCCCCCCCCCCCC(=CC(N)=O)C(N)=O. The summed E-state index contributed by atoms with van der Waals surface area (Å²) in [5.41, 5.74) is 10.6. The van der Waals surface area contributed by atoms with Gasteiger partial charge < -0.3 is 11.5 Å². The Morgan fingerprint density at radius 1 is 0.667 bits per heavy atom. The predicted octanol–water partition coefficient (Wildman–Crippen LogP) is 4.75. The zero-order valence-corrected chi connectivity index (χ0v) is 15.7. The quantitative estimate of drug-likeness (QED) is 0.296. The molecule has 0 saturated carbocycles. The molecule has 0 rings (SSSR count). The van der Waals surface area contributed by atoms with Crippen LogP contribution < -0.4 is 11.5 Å². The first-order chi connectivity index (χ1) is 11.6. The molecule has 0 aromatic rings. The largest absolute Gasteiger partial charge is 0.366 e. The van der Waals surface area contributed by atoms with E-state index in [0.29, 0.717) is 12.0 Å². The molecule has 0 bridgehead atoms. The highest BCUT2D eigenvalue weighted by atomic mass is 16.1. The van der Waals surface area contributed by atoms with Crippen LogP contribution in [0.1, 0.15) is 103 Å². The van der Waals surface area contributed by atoms with Crippen LogP contribution in [0.4, 0.5) is 0 Å². The van der Waals surface area contributed by atoms with Crippen molar-refractivity contribution in [1.29, 1.82) is 0 Å². The maximum Gasteiger partial charge on any atom is 0.244 e. The third kappa shape index (κ3) is 15.6. The van der Waals surface area contributed by atoms with Crippen molar-refractivity contribution in [3.8, 4) is 0 Å². The zero-order chi connectivity index (χ0) is 18.0. The van der Waals surface area contributed by atoms with Crippen LogP contribution in [0.5, 0.6) is 0 Å². The number of hydrogen-bond acceptors (Lipinski definition) is 2. The van der Waals surface area contributed by atoms with Crippen molar-refractivity contribution in [3.05, 3.63) is 11.6 Å². The van der Waals surface area contributed by atoms with Gasteiger partial charge in [-0.15, -0.1) is 0 Å². The summed E-state index contributed by atoms with van der Waals surface area (Å²) in [4.78, 5) is 21.9. The second kappa shape index (κ2) is 16.5. The highest BCUT2D eigenvalue weighted by Gasteiger charge is 2.06. The van der Waals surface area contributed by atoms with Crippen LogP contribution in [-0.2, 0) is 9.59 Å². The minimum Gasteiger partial charge on any atom is -0.366 e. The van der Waals surface area contributed by atoms with Crippen LogP contribution in [0, 0.1) is 0 Å². The second-order valence-electron chi connectivity index (χ2n) is 6.78. The average molecular weight is 339 g/mol. The van der Waals surface area contributed by atoms with Gasteiger partial charge in [0.2, 0.25) is 11.8 Å². The Bertz CT molecular complexity index is 365. The molecule has 0 heterocycles. The van der Waals surface area contributed by atoms with E-state index < -0.39 is 11.8 Å². The Balaban J connectivity index is 3.36. The van der Waals surface area contributed by atoms with Gasteiger partial charge in [-0.3, -0.25) is 9.59 Å². The number of carbonyl (C=O) groups is 2. The maximum atomic E-state index is 11.1. The van der Waals surface area contributed by atoms with Gasteiger partial charge in [0.25, 0.3) is 0 Å². The second-order valence-corrected chi connectivity index (χ2v) is 6.78. The molecule has 0 radical (unpaired) electrons. The molecule has 0 aliphatic rings. The smallest absolute Gasteiger partial charge is 0.244 e. The lowest BCUT2D eigenvalue weighted by molar-refractivity contribution is -0.116. The normalized spacial score (nSPS) is 11.6. The van der Waals surface area contributed by atoms with Crippen molar-refractivity contribution >= 4 is 11.8 Å². The molecule has 140 valence electrons. The molecule has 0 aromatic heterocycles. The van der Waals surface area contributed by atoms with Crippen molar-refractivity contribution in [3.63, 3.8) is 0 Å². The predicted molar refractivity (Wildman–Crippen MR) is 101 cm³/mol. The standard InChI is InChI=1S/C20H38N2O2/c1-2-3-4-5-6-7-8-9-10-11-12-13-14-15-16-18(20(22)24)17-19(21)23/h17H,2-16H2,1H3,(H2,21,23)(H2,22,24). The van der Waals surface area contributed by atoms with Gasteiger partial charge in [-0.05, 0) is 12.8 Å². The average Bonchev–Trinajstić information content (AvgIpc) is 2.53. The molecule has 0 spiro atoms. The number of primary amides is 2. The van der Waals surface area contributed by atoms with Crippen LogP contribution in [0.2, 0.25) is 0 Å². The number of rotatable bonds is 17. The molecular formula is C20H38N2O2. The molecule has 4 nitrogen and oxygen atoms in total. The van der Waals surface area contributed by atoms with E-state index >= 15 is 0 Å². The van der Waals surface area contributed by atoms with Gasteiger partial charge in [0.05, 0.1) is 0 Å². The van der Waals surface area contributed by atoms with E-state index in [-0.39, 0.29) is 0 Å². The van der Waals surface area contributed by atoms with Crippen molar-refractivity contribution < 1.29 is 9.59 Å². The molecule has 0 fully saturated rings. The van der Waals surface area contributed by atoms with E-state index in [0.717, 1.165) is 18.9 Å². The van der Waals surface area contributed by atoms with Crippen LogP contribution in [0.25, 0.3) is 0 Å². The number of carbonyl (C=O) groups excluding carboxylic acids is 2. The maximum absolute atomic E-state index is 11.1. The Labute approximate surface area is 148 Å². The van der Waals surface area contributed by atoms with Crippen LogP contribution in [-0.4, -0.2) is 11.8 Å². The van der Waals surface area contributed by atoms with Gasteiger partial charge in [0.1, 0.15) is 0 Å². The minimum absolute atomic E-state index is 0.349. The summed E-state index contributed by atoms with van der Waals surface area (Å²) in [6.45, 7) is 2.26. The number of amides is 2. The summed E-state index contributed by atoms with van der Waals surface area (Å²) < 4.78 is 0. The van der Waals surface area contributed by atoms with E-state index in [1.165, 1.54) is 77.0 Å². The monoisotopic (exact) mass is 338 g/mol. The van der Waals surface area contributed by atoms with Crippen molar-refractivity contribution in [2.45, 2.75) is 103 Å². The number of unbranched alkanes of at least 4 members (excludes halogenated alkanes) is 13. The highest BCUT2D eigenvalue weighted by molar-refractivity contribution is 5.99. The van der Waals surface area contributed by atoms with Gasteiger partial charge >= 0.3 is 0 Å². The fraction of sp³-hybridized carbons (Fsp3) is 0.800. The fourth-order valence-corrected chi connectivity index (χ4v) is 2.95. The van der Waals surface area contributed by atoms with Crippen molar-refractivity contribution in [2.75, 3.05) is 0 Å². The Morgan fingerprint density at radius 3 is 1.38 bits per heavy atom. The molecule has 0 saturated heterocycles. The fourth-order valence-electron chi connectivity index (χ4n) is 2.95. The first kappa shape index (κ1) is 22.7. The van der Waals surface area contributed by atoms with E-state index in [1.807, 2.05) is 0 Å². The van der Waals surface area contributed by atoms with Crippen molar-refractivity contribution in [2.24, 2.45) is 11.5 Å². The summed E-state index contributed by atoms with van der Waals surface area (Å²) >= 11 is 0. The molecule has 0 aliphatic heterocycles. The van der Waals surface area contributed by atoms with E-state index in [1.54, 1.807) is 0 Å². The molecular weight excluding hydrogens is 300 g/mol. The Morgan fingerprint density at radius 2 is 1.04 bits per heavy atom. The molecule has 4 N–H and O–H groups in total. The highest BCUT2D eigenvalue weighted by Crippen LogP contribution is 2.14. The number of nitrogens with two attached hydrogens (primary N) is 2. The number of hydrogen-bond donors (Lipinski definition) is 2. The van der Waals surface area contributed by atoms with Gasteiger partial charge in [-0.25, -0.2) is 0 Å². The lowest BCUT2D eigenvalue weighted by atomic mass is 10.0. The topological polar surface area (TPSA) is 86.2 Å². The Hall–Kier alpha value is -1.32. The molecule has 2 amide bonds. The van der Waals surface area contributed by atoms with Crippen LogP contribution >= 0.6 is 0 Å². The first-order valence-electron chi connectivity index (χ1n) is 9.87. The summed E-state index contributed by atoms with van der Waals surface area (Å²) in [6, 6.07) is 0. The van der Waals surface area contributed by atoms with E-state index in [2.05, 4.69) is 6.92 Å². The third-order valence-corrected chi connectivity index (χ3v) is 4.43. The molecule has 0 aromatic carbocycles. The van der Waals surface area contributed by atoms with Gasteiger partial charge in [-0.1, -0.05) is 90.4 Å². The summed E-state index contributed by atoms with van der Waals surface area (Å²) in [5.74, 6) is -1.14. The van der Waals surface area contributed by atoms with Gasteiger partial charge in [-0.2, -0.15) is 0 Å². The zero-order valence-electron chi connectivity index (χ0n) is 15.7. The van der Waals surface area contributed by atoms with Gasteiger partial charge in [0.15, 0.2) is 0 Å². The summed E-state index contributed by atoms with van der Waals surface area (Å²) in [6.07, 6.45) is 19.8. The Kier molecular flexibility index (Phi) is 15.6. The van der Waals surface area contributed by atoms with Crippen molar-refractivity contribution in [1.82, 2.24) is 0 Å². The molecule has 0 atom stereocenters. The van der Waals surface area contributed by atoms with E-state index in [9.17, 15) is 9.59 Å². The minimum atomic E-state index is -0.603. The van der Waals surface area contributed by atoms with Crippen LogP contribution in [0.15, 0.2) is 11.6 Å². The lowest BCUT2D eigenvalue weighted by Gasteiger charge is -2.04. The first-order valence-corrected chi connectivity index (χ1v) is 9.87. The lowest BCUT2D eigenvalue weighted by Crippen LogP contribution is -2.17. The van der Waals surface area contributed by atoms with Gasteiger partial charge in [0, 0.05) is 11.6 Å². The summed E-state index contributed by atoms with van der Waals surface area (Å²) in [7, 11) is 0. The van der Waals surface area contributed by atoms with Crippen LogP contribution in [0.3, 0.4) is 0 Å². The summed E-state index contributed by atoms with van der Waals surface area (Å²) in [5, 5.41) is 0. The van der Waals surface area contributed by atoms with E-state index in [4.69, 9.17) is 11.5 Å². The molecule has 0 aliphatic carbocycles. The molecule has 0 unspecified atom stereocenters.